The number of carboxylic acid groups (broad SMARTS) is 1. The van der Waals surface area contributed by atoms with Crippen LogP contribution in [0.1, 0.15) is 43.9 Å². The van der Waals surface area contributed by atoms with Crippen molar-refractivity contribution < 1.29 is 14.6 Å². The highest BCUT2D eigenvalue weighted by Crippen LogP contribution is 2.27. The van der Waals surface area contributed by atoms with Crippen LogP contribution >= 0.6 is 11.3 Å². The zero-order valence-electron chi connectivity index (χ0n) is 14.6. The first-order chi connectivity index (χ1) is 12.0. The van der Waals surface area contributed by atoms with E-state index in [4.69, 9.17) is 14.8 Å². The van der Waals surface area contributed by atoms with Gasteiger partial charge in [-0.1, -0.05) is 38.1 Å². The Kier molecular flexibility index (Phi) is 5.51. The van der Waals surface area contributed by atoms with Gasteiger partial charge in [-0.05, 0) is 17.9 Å². The molecule has 1 unspecified atom stereocenters. The summed E-state index contributed by atoms with van der Waals surface area (Å²) in [6, 6.07) is 8.53. The van der Waals surface area contributed by atoms with E-state index in [2.05, 4.69) is 43.4 Å². The molecule has 1 atom stereocenters. The molecule has 0 bridgehead atoms. The molecule has 1 aliphatic rings. The fourth-order valence-electron chi connectivity index (χ4n) is 3.05. The minimum absolute atomic E-state index is 0.0701. The Morgan fingerprint density at radius 3 is 2.76 bits per heavy atom. The zero-order valence-corrected chi connectivity index (χ0v) is 15.4. The summed E-state index contributed by atoms with van der Waals surface area (Å²) in [5.74, 6) is -0.286. The van der Waals surface area contributed by atoms with Gasteiger partial charge in [0.25, 0.3) is 0 Å². The van der Waals surface area contributed by atoms with E-state index < -0.39 is 11.5 Å². The molecule has 134 valence electrons. The molecule has 1 fully saturated rings. The average Bonchev–Trinajstić information content (AvgIpc) is 3.22. The molecular formula is C19H24N2O3S. The summed E-state index contributed by atoms with van der Waals surface area (Å²) in [6.07, 6.45) is 0.785. The number of hydrogen-bond acceptors (Lipinski definition) is 5. The molecular weight excluding hydrogens is 336 g/mol. The van der Waals surface area contributed by atoms with Crippen molar-refractivity contribution in [1.82, 2.24) is 10.3 Å². The predicted octanol–water partition coefficient (Wildman–Crippen LogP) is 3.66. The summed E-state index contributed by atoms with van der Waals surface area (Å²) < 4.78 is 5.41. The van der Waals surface area contributed by atoms with Gasteiger partial charge >= 0.3 is 5.97 Å². The molecule has 1 saturated heterocycles. The van der Waals surface area contributed by atoms with Crippen LogP contribution in [-0.4, -0.2) is 34.8 Å². The lowest BCUT2D eigenvalue weighted by molar-refractivity contribution is -0.138. The van der Waals surface area contributed by atoms with E-state index in [1.807, 2.05) is 5.38 Å². The Morgan fingerprint density at radius 2 is 2.16 bits per heavy atom. The van der Waals surface area contributed by atoms with Crippen LogP contribution in [0.5, 0.6) is 0 Å². The monoisotopic (exact) mass is 360 g/mol. The Labute approximate surface area is 152 Å². The normalized spacial score (nSPS) is 20.3. The Hall–Kier alpha value is -1.76. The molecule has 0 amide bonds. The summed E-state index contributed by atoms with van der Waals surface area (Å²) >= 11 is 1.61. The summed E-state index contributed by atoms with van der Waals surface area (Å²) in [4.78, 5) is 15.8. The van der Waals surface area contributed by atoms with Crippen LogP contribution in [-0.2, 0) is 16.1 Å². The molecule has 0 spiro atoms. The van der Waals surface area contributed by atoms with Crippen molar-refractivity contribution in [2.45, 2.75) is 44.7 Å². The highest BCUT2D eigenvalue weighted by atomic mass is 32.1. The summed E-state index contributed by atoms with van der Waals surface area (Å²) in [6.45, 7) is 5.96. The molecule has 0 saturated carbocycles. The van der Waals surface area contributed by atoms with E-state index in [1.165, 1.54) is 5.56 Å². The fraction of sp³-hybridized carbons (Fsp3) is 0.474. The Balaban J connectivity index is 1.66. The minimum atomic E-state index is -0.804. The molecule has 6 heteroatoms. The van der Waals surface area contributed by atoms with Crippen LogP contribution in [0.4, 0.5) is 0 Å². The Bertz CT molecular complexity index is 719. The van der Waals surface area contributed by atoms with Crippen molar-refractivity contribution in [3.63, 3.8) is 0 Å². The number of nitrogens with zero attached hydrogens (tertiary/aromatic N) is 1. The highest BCUT2D eigenvalue weighted by Gasteiger charge is 2.36. The van der Waals surface area contributed by atoms with Crippen LogP contribution in [0, 0.1) is 0 Å². The number of thiazole rings is 1. The van der Waals surface area contributed by atoms with Gasteiger partial charge < -0.3 is 15.2 Å². The third-order valence-corrected chi connectivity index (χ3v) is 5.55. The van der Waals surface area contributed by atoms with Crippen LogP contribution < -0.4 is 5.32 Å². The quantitative estimate of drug-likeness (QED) is 0.788. The fourth-order valence-corrected chi connectivity index (χ4v) is 3.87. The third-order valence-electron chi connectivity index (χ3n) is 4.61. The number of aromatic nitrogens is 1. The van der Waals surface area contributed by atoms with Gasteiger partial charge in [-0.3, -0.25) is 4.79 Å². The number of ether oxygens (including phenoxy) is 1. The van der Waals surface area contributed by atoms with Crippen molar-refractivity contribution in [3.8, 4) is 10.6 Å². The van der Waals surface area contributed by atoms with Crippen molar-refractivity contribution >= 4 is 17.3 Å². The first kappa shape index (κ1) is 18.0. The second-order valence-electron chi connectivity index (χ2n) is 6.93. The second kappa shape index (κ2) is 7.64. The molecule has 1 aromatic carbocycles. The van der Waals surface area contributed by atoms with E-state index in [1.54, 1.807) is 11.3 Å². The molecule has 5 nitrogen and oxygen atoms in total. The molecule has 2 heterocycles. The lowest BCUT2D eigenvalue weighted by Crippen LogP contribution is -2.47. The SMILES string of the molecule is CC(C)c1ccc(-c2nc(CNC3(CC(=O)O)CCOC3)cs2)cc1. The molecule has 2 aromatic rings. The van der Waals surface area contributed by atoms with Crippen LogP contribution in [0.25, 0.3) is 10.6 Å². The molecule has 0 radical (unpaired) electrons. The maximum atomic E-state index is 11.1. The van der Waals surface area contributed by atoms with Crippen molar-refractivity contribution in [2.75, 3.05) is 13.2 Å². The van der Waals surface area contributed by atoms with Gasteiger partial charge in [-0.25, -0.2) is 4.98 Å². The van der Waals surface area contributed by atoms with E-state index in [-0.39, 0.29) is 6.42 Å². The van der Waals surface area contributed by atoms with Gasteiger partial charge in [0.15, 0.2) is 0 Å². The Morgan fingerprint density at radius 1 is 1.40 bits per heavy atom. The third kappa shape index (κ3) is 4.45. The largest absolute Gasteiger partial charge is 0.481 e. The van der Waals surface area contributed by atoms with E-state index >= 15 is 0 Å². The summed E-state index contributed by atoms with van der Waals surface area (Å²) in [5.41, 5.74) is 2.89. The van der Waals surface area contributed by atoms with E-state index in [9.17, 15) is 4.79 Å². The number of rotatable bonds is 7. The molecule has 25 heavy (non-hydrogen) atoms. The number of carboxylic acids is 1. The second-order valence-corrected chi connectivity index (χ2v) is 7.79. The summed E-state index contributed by atoms with van der Waals surface area (Å²) in [7, 11) is 0. The van der Waals surface area contributed by atoms with Crippen LogP contribution in [0.3, 0.4) is 0 Å². The number of hydrogen-bond donors (Lipinski definition) is 2. The molecule has 3 rings (SSSR count). The summed E-state index contributed by atoms with van der Waals surface area (Å²) in [5, 5.41) is 15.5. The van der Waals surface area contributed by atoms with E-state index in [0.717, 1.165) is 16.3 Å². The lowest BCUT2D eigenvalue weighted by atomic mass is 9.94. The lowest BCUT2D eigenvalue weighted by Gasteiger charge is -2.26. The van der Waals surface area contributed by atoms with Gasteiger partial charge in [0.2, 0.25) is 0 Å². The van der Waals surface area contributed by atoms with Crippen LogP contribution in [0.15, 0.2) is 29.6 Å². The molecule has 1 aromatic heterocycles. The topological polar surface area (TPSA) is 71.5 Å². The first-order valence-corrected chi connectivity index (χ1v) is 9.45. The van der Waals surface area contributed by atoms with Crippen molar-refractivity contribution in [1.29, 1.82) is 0 Å². The maximum Gasteiger partial charge on any atom is 0.305 e. The highest BCUT2D eigenvalue weighted by molar-refractivity contribution is 7.13. The number of carbonyl (C=O) groups is 1. The maximum absolute atomic E-state index is 11.1. The number of benzene rings is 1. The first-order valence-electron chi connectivity index (χ1n) is 8.57. The van der Waals surface area contributed by atoms with Crippen molar-refractivity contribution in [2.24, 2.45) is 0 Å². The predicted molar refractivity (Wildman–Crippen MR) is 98.9 cm³/mol. The molecule has 2 N–H and O–H groups in total. The minimum Gasteiger partial charge on any atom is -0.481 e. The average molecular weight is 360 g/mol. The van der Waals surface area contributed by atoms with Gasteiger partial charge in [0.1, 0.15) is 5.01 Å². The number of aliphatic carboxylic acids is 1. The van der Waals surface area contributed by atoms with Crippen LogP contribution in [0.2, 0.25) is 0 Å². The number of nitrogens with one attached hydrogen (secondary N) is 1. The smallest absolute Gasteiger partial charge is 0.305 e. The van der Waals surface area contributed by atoms with Gasteiger partial charge in [-0.15, -0.1) is 11.3 Å². The van der Waals surface area contributed by atoms with E-state index in [0.29, 0.717) is 32.1 Å². The zero-order chi connectivity index (χ0) is 17.9. The van der Waals surface area contributed by atoms with Gasteiger partial charge in [0, 0.05) is 24.1 Å². The molecule has 0 aliphatic carbocycles. The van der Waals surface area contributed by atoms with Crippen molar-refractivity contribution in [3.05, 3.63) is 40.9 Å². The molecule has 1 aliphatic heterocycles. The van der Waals surface area contributed by atoms with Gasteiger partial charge in [0.05, 0.1) is 24.3 Å². The standard InChI is InChI=1S/C19H24N2O3S/c1-13(2)14-3-5-15(6-4-14)18-21-16(11-25-18)10-20-19(9-17(22)23)7-8-24-12-19/h3-6,11,13,20H,7-10,12H2,1-2H3,(H,22,23). The van der Waals surface area contributed by atoms with Gasteiger partial charge in [-0.2, -0.15) is 0 Å².